The highest BCUT2D eigenvalue weighted by Gasteiger charge is 2.41. The predicted molar refractivity (Wildman–Crippen MR) is 122 cm³/mol. The highest BCUT2D eigenvalue weighted by Crippen LogP contribution is 2.37. The number of halogens is 4. The summed E-state index contributed by atoms with van der Waals surface area (Å²) >= 11 is 0. The van der Waals surface area contributed by atoms with Crippen LogP contribution in [-0.2, 0) is 18.3 Å². The Morgan fingerprint density at radius 3 is 2.42 bits per heavy atom. The number of rotatable bonds is 6. The molecule has 0 radical (unpaired) electrons. The maximum Gasteiger partial charge on any atom is 0.391 e. The first-order valence-corrected chi connectivity index (χ1v) is 10.6. The standard InChI is InChI=1S/C19H32F3N7O.HI/c1-14-26-27-17(28(14)2)13-24-18(23-7-8-29-9-11-30-12-10-29)25-16-5-3-15(4-6-16)19(20,21)22;/h15-16H,3-13H2,1-2H3,(H2,23,24,25);1H. The normalized spacial score (nSPS) is 23.3. The summed E-state index contributed by atoms with van der Waals surface area (Å²) in [5.41, 5.74) is 0. The summed E-state index contributed by atoms with van der Waals surface area (Å²) in [7, 11) is 1.89. The number of ether oxygens (including phenoxy) is 1. The molecule has 8 nitrogen and oxygen atoms in total. The molecule has 2 aliphatic rings. The van der Waals surface area contributed by atoms with Crippen molar-refractivity contribution in [3.8, 4) is 0 Å². The van der Waals surface area contributed by atoms with E-state index in [4.69, 9.17) is 4.74 Å². The number of aryl methyl sites for hydroxylation is 1. The number of alkyl halides is 3. The minimum absolute atomic E-state index is 0. The number of aliphatic imine (C=N–C) groups is 1. The fraction of sp³-hybridized carbons (Fsp3) is 0.842. The molecule has 1 aliphatic carbocycles. The topological polar surface area (TPSA) is 79.6 Å². The van der Waals surface area contributed by atoms with E-state index in [1.54, 1.807) is 0 Å². The van der Waals surface area contributed by atoms with Gasteiger partial charge in [0.15, 0.2) is 11.8 Å². The average Bonchev–Trinajstić information content (AvgIpc) is 3.04. The molecule has 0 amide bonds. The molecule has 1 saturated heterocycles. The molecule has 0 aromatic carbocycles. The van der Waals surface area contributed by atoms with Gasteiger partial charge in [-0.15, -0.1) is 34.2 Å². The van der Waals surface area contributed by atoms with Crippen molar-refractivity contribution in [2.45, 2.75) is 51.4 Å². The van der Waals surface area contributed by atoms with Crippen LogP contribution in [0.3, 0.4) is 0 Å². The average molecular weight is 559 g/mol. The van der Waals surface area contributed by atoms with Crippen LogP contribution in [0.25, 0.3) is 0 Å². The molecule has 1 aliphatic heterocycles. The van der Waals surface area contributed by atoms with E-state index in [1.807, 2.05) is 18.5 Å². The summed E-state index contributed by atoms with van der Waals surface area (Å²) in [4.78, 5) is 6.93. The maximum atomic E-state index is 12.9. The van der Waals surface area contributed by atoms with Crippen LogP contribution in [0.4, 0.5) is 13.2 Å². The lowest BCUT2D eigenvalue weighted by Crippen LogP contribution is -2.48. The Bertz CT molecular complexity index is 699. The summed E-state index contributed by atoms with van der Waals surface area (Å²) < 4.78 is 46.1. The third kappa shape index (κ3) is 8.04. The van der Waals surface area contributed by atoms with Crippen molar-refractivity contribution in [3.63, 3.8) is 0 Å². The number of hydrogen-bond acceptors (Lipinski definition) is 5. The first-order chi connectivity index (χ1) is 14.3. The van der Waals surface area contributed by atoms with Crippen molar-refractivity contribution in [1.82, 2.24) is 30.3 Å². The molecule has 2 heterocycles. The van der Waals surface area contributed by atoms with Crippen molar-refractivity contribution in [1.29, 1.82) is 0 Å². The first-order valence-electron chi connectivity index (χ1n) is 10.6. The van der Waals surface area contributed by atoms with Crippen LogP contribution in [0.5, 0.6) is 0 Å². The Morgan fingerprint density at radius 2 is 1.84 bits per heavy atom. The Hall–Kier alpha value is -1.15. The minimum atomic E-state index is -4.10. The monoisotopic (exact) mass is 559 g/mol. The second-order valence-corrected chi connectivity index (χ2v) is 8.00. The summed E-state index contributed by atoms with van der Waals surface area (Å²) in [6, 6.07) is -0.0144. The van der Waals surface area contributed by atoms with Gasteiger partial charge in [-0.25, -0.2) is 4.99 Å². The third-order valence-corrected chi connectivity index (χ3v) is 5.92. The lowest BCUT2D eigenvalue weighted by molar-refractivity contribution is -0.182. The van der Waals surface area contributed by atoms with Gasteiger partial charge in [0.2, 0.25) is 0 Å². The van der Waals surface area contributed by atoms with Gasteiger partial charge in [0.1, 0.15) is 12.4 Å². The summed E-state index contributed by atoms with van der Waals surface area (Å²) in [5.74, 6) is 0.967. The van der Waals surface area contributed by atoms with Gasteiger partial charge in [-0.2, -0.15) is 13.2 Å². The molecular formula is C19H33F3IN7O. The Morgan fingerprint density at radius 1 is 1.16 bits per heavy atom. The molecule has 3 rings (SSSR count). The second kappa shape index (κ2) is 12.2. The molecular weight excluding hydrogens is 526 g/mol. The number of hydrogen-bond donors (Lipinski definition) is 2. The van der Waals surface area contributed by atoms with Crippen molar-refractivity contribution in [2.75, 3.05) is 39.4 Å². The van der Waals surface area contributed by atoms with Gasteiger partial charge < -0.3 is 19.9 Å². The van der Waals surface area contributed by atoms with Gasteiger partial charge in [0, 0.05) is 39.3 Å². The molecule has 1 aromatic heterocycles. The van der Waals surface area contributed by atoms with Crippen molar-refractivity contribution in [2.24, 2.45) is 18.0 Å². The SMILES string of the molecule is Cc1nnc(CN=C(NCCN2CCOCC2)NC2CCC(C(F)(F)F)CC2)n1C.I. The highest BCUT2D eigenvalue weighted by molar-refractivity contribution is 14.0. The molecule has 2 fully saturated rings. The fourth-order valence-electron chi connectivity index (χ4n) is 3.81. The molecule has 0 atom stereocenters. The van der Waals surface area contributed by atoms with Crippen molar-refractivity contribution < 1.29 is 17.9 Å². The van der Waals surface area contributed by atoms with Crippen LogP contribution < -0.4 is 10.6 Å². The van der Waals surface area contributed by atoms with Gasteiger partial charge in [0.25, 0.3) is 0 Å². The second-order valence-electron chi connectivity index (χ2n) is 8.00. The van der Waals surface area contributed by atoms with Crippen LogP contribution in [-0.4, -0.2) is 77.2 Å². The van der Waals surface area contributed by atoms with E-state index < -0.39 is 12.1 Å². The minimum Gasteiger partial charge on any atom is -0.379 e. The van der Waals surface area contributed by atoms with E-state index >= 15 is 0 Å². The molecule has 0 unspecified atom stereocenters. The zero-order chi connectivity index (χ0) is 21.6. The smallest absolute Gasteiger partial charge is 0.379 e. The molecule has 2 N–H and O–H groups in total. The van der Waals surface area contributed by atoms with Crippen LogP contribution in [0.1, 0.15) is 37.3 Å². The Labute approximate surface area is 198 Å². The zero-order valence-corrected chi connectivity index (χ0v) is 20.4. The summed E-state index contributed by atoms with van der Waals surface area (Å²) in [5, 5.41) is 14.8. The van der Waals surface area contributed by atoms with Crippen LogP contribution >= 0.6 is 24.0 Å². The van der Waals surface area contributed by atoms with Crippen LogP contribution in [0.15, 0.2) is 4.99 Å². The lowest BCUT2D eigenvalue weighted by Gasteiger charge is -2.31. The molecule has 178 valence electrons. The number of aromatic nitrogens is 3. The molecule has 12 heteroatoms. The highest BCUT2D eigenvalue weighted by atomic mass is 127. The molecule has 0 bridgehead atoms. The molecule has 1 saturated carbocycles. The van der Waals surface area contributed by atoms with E-state index in [0.29, 0.717) is 31.9 Å². The van der Waals surface area contributed by atoms with E-state index in [9.17, 15) is 13.2 Å². The summed E-state index contributed by atoms with van der Waals surface area (Å²) in [6.07, 6.45) is -2.81. The molecule has 1 aromatic rings. The van der Waals surface area contributed by atoms with Crippen LogP contribution in [0.2, 0.25) is 0 Å². The Balaban J connectivity index is 0.00000341. The van der Waals surface area contributed by atoms with Gasteiger partial charge in [0.05, 0.1) is 19.1 Å². The number of morpholine rings is 1. The molecule has 0 spiro atoms. The third-order valence-electron chi connectivity index (χ3n) is 5.92. The van der Waals surface area contributed by atoms with Gasteiger partial charge >= 0.3 is 6.18 Å². The van der Waals surface area contributed by atoms with Gasteiger partial charge in [-0.3, -0.25) is 4.90 Å². The maximum absolute atomic E-state index is 12.9. The number of nitrogens with one attached hydrogen (secondary N) is 2. The fourth-order valence-corrected chi connectivity index (χ4v) is 3.81. The van der Waals surface area contributed by atoms with E-state index in [0.717, 1.165) is 44.5 Å². The Kier molecular flexibility index (Phi) is 10.3. The van der Waals surface area contributed by atoms with Crippen molar-refractivity contribution in [3.05, 3.63) is 11.6 Å². The number of guanidine groups is 1. The van der Waals surface area contributed by atoms with Crippen molar-refractivity contribution >= 4 is 29.9 Å². The van der Waals surface area contributed by atoms with E-state index in [1.165, 1.54) is 0 Å². The number of nitrogens with zero attached hydrogens (tertiary/aromatic N) is 5. The van der Waals surface area contributed by atoms with Gasteiger partial charge in [-0.1, -0.05) is 0 Å². The summed E-state index contributed by atoms with van der Waals surface area (Å²) in [6.45, 7) is 7.07. The van der Waals surface area contributed by atoms with Crippen LogP contribution in [0, 0.1) is 12.8 Å². The van der Waals surface area contributed by atoms with Gasteiger partial charge in [-0.05, 0) is 32.6 Å². The van der Waals surface area contributed by atoms with E-state index in [2.05, 4.69) is 30.7 Å². The lowest BCUT2D eigenvalue weighted by atomic mass is 9.85. The van der Waals surface area contributed by atoms with E-state index in [-0.39, 0.29) is 42.9 Å². The molecule has 31 heavy (non-hydrogen) atoms. The quantitative estimate of drug-likeness (QED) is 0.317. The zero-order valence-electron chi connectivity index (χ0n) is 18.1. The largest absolute Gasteiger partial charge is 0.391 e. The predicted octanol–water partition coefficient (Wildman–Crippen LogP) is 2.23. The first kappa shape index (κ1) is 26.1.